The molecule has 0 bridgehead atoms. The number of aryl methyl sites for hydroxylation is 1. The summed E-state index contributed by atoms with van der Waals surface area (Å²) in [4.78, 5) is 34.6. The molecule has 0 radical (unpaired) electrons. The number of hydrogen-bond donors (Lipinski definition) is 2. The standard InChI is InChI=1S/C23H31N5O2.CH5N.CH4/c1-4-18-15-22(24-16-21(18)27(5-2)17-29)25-20-9-6-8-19(14-20)23(30)28-11-7-10-26(3)12-13-28;1-2;/h6,8-9,14-17H,4-5,7,10-13H2,1-3H3,(H,24,25);2H2,1H3;1H4. The Hall–Kier alpha value is -2.97. The topological polar surface area (TPSA) is 94.8 Å². The summed E-state index contributed by atoms with van der Waals surface area (Å²) in [6, 6.07) is 9.51. The van der Waals surface area contributed by atoms with E-state index in [9.17, 15) is 9.59 Å². The van der Waals surface area contributed by atoms with Gasteiger partial charge in [-0.05, 0) is 70.2 Å². The van der Waals surface area contributed by atoms with Crippen LogP contribution in [0.3, 0.4) is 0 Å². The molecule has 0 aliphatic carbocycles. The van der Waals surface area contributed by atoms with Crippen molar-refractivity contribution in [3.05, 3.63) is 47.7 Å². The van der Waals surface area contributed by atoms with E-state index in [-0.39, 0.29) is 13.3 Å². The lowest BCUT2D eigenvalue weighted by atomic mass is 10.1. The molecule has 1 fully saturated rings. The summed E-state index contributed by atoms with van der Waals surface area (Å²) in [5.41, 5.74) is 7.87. The lowest BCUT2D eigenvalue weighted by molar-refractivity contribution is -0.107. The number of rotatable bonds is 7. The Balaban J connectivity index is 0.00000177. The van der Waals surface area contributed by atoms with E-state index < -0.39 is 0 Å². The minimum Gasteiger partial charge on any atom is -0.340 e. The SMILES string of the molecule is C.CCc1cc(Nc2cccc(C(=O)N3CCCN(C)CC3)c2)ncc1N(C=O)CC.CN. The number of benzene rings is 1. The average molecular weight is 457 g/mol. The molecule has 1 aliphatic rings. The van der Waals surface area contributed by atoms with Crippen LogP contribution in [0, 0.1) is 0 Å². The molecule has 0 unspecified atom stereocenters. The molecule has 8 heteroatoms. The number of anilines is 3. The first-order valence-corrected chi connectivity index (χ1v) is 11.2. The summed E-state index contributed by atoms with van der Waals surface area (Å²) < 4.78 is 0. The monoisotopic (exact) mass is 456 g/mol. The summed E-state index contributed by atoms with van der Waals surface area (Å²) in [5.74, 6) is 0.759. The van der Waals surface area contributed by atoms with Gasteiger partial charge in [-0.2, -0.15) is 0 Å². The summed E-state index contributed by atoms with van der Waals surface area (Å²) in [6.45, 7) is 8.04. The van der Waals surface area contributed by atoms with Crippen molar-refractivity contribution in [2.45, 2.75) is 34.1 Å². The van der Waals surface area contributed by atoms with E-state index in [1.54, 1.807) is 11.1 Å². The van der Waals surface area contributed by atoms with Crippen LogP contribution in [-0.2, 0) is 11.2 Å². The predicted molar refractivity (Wildman–Crippen MR) is 137 cm³/mol. The molecule has 1 saturated heterocycles. The van der Waals surface area contributed by atoms with Crippen LogP contribution < -0.4 is 16.0 Å². The minimum atomic E-state index is 0. The highest BCUT2D eigenvalue weighted by Gasteiger charge is 2.19. The number of likely N-dealkylation sites (N-methyl/N-ethyl adjacent to an activating group) is 1. The molecular formula is C25H40N6O2. The molecular weight excluding hydrogens is 416 g/mol. The second kappa shape index (κ2) is 14.2. The van der Waals surface area contributed by atoms with Crippen molar-refractivity contribution in [3.8, 4) is 0 Å². The van der Waals surface area contributed by atoms with Gasteiger partial charge >= 0.3 is 0 Å². The van der Waals surface area contributed by atoms with Gasteiger partial charge < -0.3 is 25.8 Å². The fraction of sp³-hybridized carbons (Fsp3) is 0.480. The van der Waals surface area contributed by atoms with Crippen LogP contribution >= 0.6 is 0 Å². The third kappa shape index (κ3) is 7.54. The maximum atomic E-state index is 13.0. The Bertz CT molecular complexity index is 889. The first-order chi connectivity index (χ1) is 15.5. The number of aromatic nitrogens is 1. The molecule has 1 aliphatic heterocycles. The maximum absolute atomic E-state index is 13.0. The van der Waals surface area contributed by atoms with Crippen LogP contribution in [0.1, 0.15) is 43.6 Å². The van der Waals surface area contributed by atoms with E-state index in [0.29, 0.717) is 17.9 Å². The Morgan fingerprint density at radius 1 is 1.18 bits per heavy atom. The third-order valence-electron chi connectivity index (χ3n) is 5.51. The molecule has 1 aromatic heterocycles. The molecule has 1 aromatic carbocycles. The normalized spacial score (nSPS) is 13.7. The van der Waals surface area contributed by atoms with E-state index in [0.717, 1.165) is 62.4 Å². The Kier molecular flexibility index (Phi) is 12.1. The Morgan fingerprint density at radius 3 is 2.61 bits per heavy atom. The first kappa shape index (κ1) is 28.1. The number of nitrogens with two attached hydrogens (primary N) is 1. The number of hydrogen-bond acceptors (Lipinski definition) is 6. The largest absolute Gasteiger partial charge is 0.340 e. The van der Waals surface area contributed by atoms with E-state index in [1.807, 2.05) is 42.2 Å². The molecule has 2 aromatic rings. The molecule has 3 N–H and O–H groups in total. The quantitative estimate of drug-likeness (QED) is 0.621. The van der Waals surface area contributed by atoms with Gasteiger partial charge in [-0.25, -0.2) is 4.98 Å². The molecule has 2 amide bonds. The second-order valence-corrected chi connectivity index (χ2v) is 7.60. The van der Waals surface area contributed by atoms with Gasteiger partial charge in [-0.1, -0.05) is 20.4 Å². The van der Waals surface area contributed by atoms with Gasteiger partial charge in [0, 0.05) is 37.4 Å². The Labute approximate surface area is 198 Å². The number of nitrogens with one attached hydrogen (secondary N) is 1. The van der Waals surface area contributed by atoms with Crippen molar-refractivity contribution >= 4 is 29.5 Å². The number of carbonyl (C=O) groups is 2. The van der Waals surface area contributed by atoms with Crippen LogP contribution in [0.4, 0.5) is 17.2 Å². The molecule has 8 nitrogen and oxygen atoms in total. The van der Waals surface area contributed by atoms with Crippen molar-refractivity contribution in [1.82, 2.24) is 14.8 Å². The van der Waals surface area contributed by atoms with Gasteiger partial charge in [-0.3, -0.25) is 9.59 Å². The summed E-state index contributed by atoms with van der Waals surface area (Å²) in [5, 5.41) is 3.30. The smallest absolute Gasteiger partial charge is 0.253 e. The zero-order valence-electron chi connectivity index (χ0n) is 19.7. The highest BCUT2D eigenvalue weighted by Crippen LogP contribution is 2.24. The van der Waals surface area contributed by atoms with Crippen LogP contribution in [0.15, 0.2) is 36.5 Å². The molecule has 33 heavy (non-hydrogen) atoms. The van der Waals surface area contributed by atoms with Crippen LogP contribution in [0.5, 0.6) is 0 Å². The second-order valence-electron chi connectivity index (χ2n) is 7.60. The van der Waals surface area contributed by atoms with Gasteiger partial charge in [0.1, 0.15) is 5.82 Å². The minimum absolute atomic E-state index is 0. The zero-order valence-corrected chi connectivity index (χ0v) is 19.7. The number of carbonyl (C=O) groups excluding carboxylic acids is 2. The fourth-order valence-corrected chi connectivity index (χ4v) is 3.71. The van der Waals surface area contributed by atoms with Gasteiger partial charge in [0.05, 0.1) is 11.9 Å². The summed E-state index contributed by atoms with van der Waals surface area (Å²) in [6.07, 6.45) is 4.34. The van der Waals surface area contributed by atoms with E-state index in [2.05, 4.69) is 34.9 Å². The van der Waals surface area contributed by atoms with Crippen molar-refractivity contribution in [2.24, 2.45) is 5.73 Å². The molecule has 0 atom stereocenters. The molecule has 2 heterocycles. The number of amides is 2. The summed E-state index contributed by atoms with van der Waals surface area (Å²) in [7, 11) is 3.59. The van der Waals surface area contributed by atoms with Crippen molar-refractivity contribution in [1.29, 1.82) is 0 Å². The van der Waals surface area contributed by atoms with E-state index in [1.165, 1.54) is 7.05 Å². The fourth-order valence-electron chi connectivity index (χ4n) is 3.71. The highest BCUT2D eigenvalue weighted by atomic mass is 16.2. The first-order valence-electron chi connectivity index (χ1n) is 11.2. The summed E-state index contributed by atoms with van der Waals surface area (Å²) >= 11 is 0. The van der Waals surface area contributed by atoms with Gasteiger partial charge in [0.15, 0.2) is 0 Å². The lowest BCUT2D eigenvalue weighted by Gasteiger charge is -2.21. The van der Waals surface area contributed by atoms with Crippen LogP contribution in [-0.4, -0.2) is 73.9 Å². The molecule has 182 valence electrons. The number of pyridine rings is 1. The molecule has 3 rings (SSSR count). The highest BCUT2D eigenvalue weighted by molar-refractivity contribution is 5.95. The van der Waals surface area contributed by atoms with Gasteiger partial charge in [0.2, 0.25) is 6.41 Å². The average Bonchev–Trinajstić information content (AvgIpc) is 3.06. The molecule has 0 saturated carbocycles. The third-order valence-corrected chi connectivity index (χ3v) is 5.51. The maximum Gasteiger partial charge on any atom is 0.253 e. The zero-order chi connectivity index (χ0) is 23.5. The molecule has 0 spiro atoms. The van der Waals surface area contributed by atoms with Crippen LogP contribution in [0.2, 0.25) is 0 Å². The lowest BCUT2D eigenvalue weighted by Crippen LogP contribution is -2.34. The van der Waals surface area contributed by atoms with E-state index >= 15 is 0 Å². The van der Waals surface area contributed by atoms with Crippen molar-refractivity contribution < 1.29 is 9.59 Å². The van der Waals surface area contributed by atoms with Crippen LogP contribution in [0.25, 0.3) is 0 Å². The van der Waals surface area contributed by atoms with Gasteiger partial charge in [0.25, 0.3) is 5.91 Å². The van der Waals surface area contributed by atoms with E-state index in [4.69, 9.17) is 0 Å². The Morgan fingerprint density at radius 2 is 1.94 bits per heavy atom. The number of nitrogens with zero attached hydrogens (tertiary/aromatic N) is 4. The predicted octanol–water partition coefficient (Wildman–Crippen LogP) is 3.36. The van der Waals surface area contributed by atoms with Crippen molar-refractivity contribution in [2.75, 3.05) is 57.0 Å². The van der Waals surface area contributed by atoms with Gasteiger partial charge in [-0.15, -0.1) is 0 Å². The van der Waals surface area contributed by atoms with Crippen molar-refractivity contribution in [3.63, 3.8) is 0 Å².